The van der Waals surface area contributed by atoms with Crippen molar-refractivity contribution in [3.8, 4) is 0 Å². The topological polar surface area (TPSA) is 32.3 Å². The fraction of sp³-hybridized carbons (Fsp3) is 0.381. The van der Waals surface area contributed by atoms with E-state index in [0.717, 1.165) is 24.1 Å². The first-order valence-corrected chi connectivity index (χ1v) is 8.90. The maximum Gasteiger partial charge on any atom is 0.318 e. The van der Waals surface area contributed by atoms with Crippen LogP contribution in [0.1, 0.15) is 43.7 Å². The van der Waals surface area contributed by atoms with Crippen molar-refractivity contribution in [3.63, 3.8) is 0 Å². The molecule has 0 unspecified atom stereocenters. The number of nitrogens with zero attached hydrogens (tertiary/aromatic N) is 1. The number of hydrogen-bond acceptors (Lipinski definition) is 1. The maximum atomic E-state index is 12.6. The molecule has 0 heterocycles. The van der Waals surface area contributed by atoms with Gasteiger partial charge in [-0.3, -0.25) is 0 Å². The first-order chi connectivity index (χ1) is 11.8. The Kier molecular flexibility index (Phi) is 7.88. The molecule has 2 rings (SSSR count). The summed E-state index contributed by atoms with van der Waals surface area (Å²) in [5.74, 6) is 0. The predicted octanol–water partition coefficient (Wildman–Crippen LogP) is 4.98. The van der Waals surface area contributed by atoms with E-state index in [2.05, 4.69) is 36.5 Å². The molecule has 0 aromatic heterocycles. The third-order valence-corrected chi connectivity index (χ3v) is 4.03. The highest BCUT2D eigenvalue weighted by Crippen LogP contribution is 2.10. The minimum Gasteiger partial charge on any atom is -0.338 e. The molecule has 0 bridgehead atoms. The van der Waals surface area contributed by atoms with Gasteiger partial charge in [-0.05, 0) is 17.5 Å². The Balaban J connectivity index is 1.95. The molecule has 0 atom stereocenters. The van der Waals surface area contributed by atoms with E-state index in [1.807, 2.05) is 41.3 Å². The van der Waals surface area contributed by atoms with E-state index in [0.29, 0.717) is 13.1 Å². The van der Waals surface area contributed by atoms with E-state index >= 15 is 0 Å². The smallest absolute Gasteiger partial charge is 0.318 e. The number of hydrogen-bond donors (Lipinski definition) is 1. The van der Waals surface area contributed by atoms with Crippen LogP contribution in [0.5, 0.6) is 0 Å². The van der Waals surface area contributed by atoms with Crippen molar-refractivity contribution in [2.24, 2.45) is 0 Å². The molecule has 2 aromatic carbocycles. The van der Waals surface area contributed by atoms with Gasteiger partial charge < -0.3 is 10.2 Å². The quantitative estimate of drug-likeness (QED) is 0.648. The molecule has 0 aliphatic carbocycles. The summed E-state index contributed by atoms with van der Waals surface area (Å²) in [7, 11) is 0. The molecule has 128 valence electrons. The fourth-order valence-corrected chi connectivity index (χ4v) is 2.67. The van der Waals surface area contributed by atoms with Crippen molar-refractivity contribution in [1.29, 1.82) is 0 Å². The van der Waals surface area contributed by atoms with Crippen LogP contribution in [0.25, 0.3) is 0 Å². The lowest BCUT2D eigenvalue weighted by Gasteiger charge is -2.23. The van der Waals surface area contributed by atoms with Gasteiger partial charge >= 0.3 is 6.03 Å². The van der Waals surface area contributed by atoms with Crippen LogP contribution in [0.3, 0.4) is 0 Å². The van der Waals surface area contributed by atoms with Crippen molar-refractivity contribution in [3.05, 3.63) is 71.8 Å². The average Bonchev–Trinajstić information content (AvgIpc) is 2.62. The molecule has 1 N–H and O–H groups in total. The molecule has 0 spiro atoms. The fourth-order valence-electron chi connectivity index (χ4n) is 2.67. The van der Waals surface area contributed by atoms with Crippen molar-refractivity contribution in [2.75, 3.05) is 6.54 Å². The van der Waals surface area contributed by atoms with Crippen LogP contribution in [-0.2, 0) is 13.1 Å². The Bertz CT molecular complexity index is 542. The molecule has 0 saturated heterocycles. The number of unbranched alkanes of at least 4 members (excludes halogenated alkanes) is 3. The van der Waals surface area contributed by atoms with Gasteiger partial charge in [-0.15, -0.1) is 0 Å². The van der Waals surface area contributed by atoms with Gasteiger partial charge in [0.05, 0.1) is 0 Å². The monoisotopic (exact) mass is 324 g/mol. The Morgan fingerprint density at radius 2 is 1.38 bits per heavy atom. The summed E-state index contributed by atoms with van der Waals surface area (Å²) in [5.41, 5.74) is 2.30. The predicted molar refractivity (Wildman–Crippen MR) is 99.7 cm³/mol. The van der Waals surface area contributed by atoms with Crippen molar-refractivity contribution < 1.29 is 4.79 Å². The van der Waals surface area contributed by atoms with Gasteiger partial charge in [0.15, 0.2) is 0 Å². The molecular weight excluding hydrogens is 296 g/mol. The zero-order valence-corrected chi connectivity index (χ0v) is 14.6. The van der Waals surface area contributed by atoms with Crippen LogP contribution in [0.2, 0.25) is 0 Å². The summed E-state index contributed by atoms with van der Waals surface area (Å²) in [5, 5.41) is 3.07. The average molecular weight is 324 g/mol. The lowest BCUT2D eigenvalue weighted by Crippen LogP contribution is -2.39. The maximum absolute atomic E-state index is 12.6. The first kappa shape index (κ1) is 18.1. The molecule has 0 fully saturated rings. The van der Waals surface area contributed by atoms with E-state index in [1.165, 1.54) is 19.3 Å². The first-order valence-electron chi connectivity index (χ1n) is 8.90. The third kappa shape index (κ3) is 6.45. The van der Waals surface area contributed by atoms with E-state index in [1.54, 1.807) is 0 Å². The van der Waals surface area contributed by atoms with Gasteiger partial charge in [0.1, 0.15) is 0 Å². The molecule has 3 nitrogen and oxygen atoms in total. The highest BCUT2D eigenvalue weighted by atomic mass is 16.2. The van der Waals surface area contributed by atoms with Crippen molar-refractivity contribution in [1.82, 2.24) is 10.2 Å². The molecule has 0 saturated carbocycles. The Morgan fingerprint density at radius 3 is 1.88 bits per heavy atom. The number of urea groups is 1. The minimum absolute atomic E-state index is 0.0132. The van der Waals surface area contributed by atoms with Gasteiger partial charge in [0.25, 0.3) is 0 Å². The van der Waals surface area contributed by atoms with Gasteiger partial charge in [0, 0.05) is 19.6 Å². The summed E-state index contributed by atoms with van der Waals surface area (Å²) in [6.07, 6.45) is 4.66. The molecule has 0 radical (unpaired) electrons. The van der Waals surface area contributed by atoms with Crippen LogP contribution >= 0.6 is 0 Å². The van der Waals surface area contributed by atoms with Crippen LogP contribution < -0.4 is 5.32 Å². The van der Waals surface area contributed by atoms with Gasteiger partial charge in [-0.1, -0.05) is 86.8 Å². The minimum atomic E-state index is 0.0132. The number of rotatable bonds is 9. The summed E-state index contributed by atoms with van der Waals surface area (Å²) >= 11 is 0. The zero-order valence-electron chi connectivity index (χ0n) is 14.6. The van der Waals surface area contributed by atoms with E-state index in [4.69, 9.17) is 0 Å². The van der Waals surface area contributed by atoms with Crippen molar-refractivity contribution in [2.45, 2.75) is 45.7 Å². The molecule has 3 heteroatoms. The summed E-state index contributed by atoms with van der Waals surface area (Å²) in [6, 6.07) is 20.3. The lowest BCUT2D eigenvalue weighted by atomic mass is 10.2. The highest BCUT2D eigenvalue weighted by Gasteiger charge is 2.14. The molecule has 0 aliphatic heterocycles. The van der Waals surface area contributed by atoms with E-state index in [-0.39, 0.29) is 6.03 Å². The second-order valence-corrected chi connectivity index (χ2v) is 6.12. The number of nitrogens with one attached hydrogen (secondary N) is 1. The van der Waals surface area contributed by atoms with Gasteiger partial charge in [-0.25, -0.2) is 4.79 Å². The summed E-state index contributed by atoms with van der Waals surface area (Å²) < 4.78 is 0. The second kappa shape index (κ2) is 10.5. The number of carbonyl (C=O) groups is 1. The zero-order chi connectivity index (χ0) is 17.0. The van der Waals surface area contributed by atoms with Gasteiger partial charge in [0.2, 0.25) is 0 Å². The van der Waals surface area contributed by atoms with Crippen molar-refractivity contribution >= 4 is 6.03 Å². The van der Waals surface area contributed by atoms with Crippen LogP contribution in [-0.4, -0.2) is 17.5 Å². The lowest BCUT2D eigenvalue weighted by molar-refractivity contribution is 0.192. The Labute approximate surface area is 145 Å². The Hall–Kier alpha value is -2.29. The molecule has 2 aromatic rings. The highest BCUT2D eigenvalue weighted by molar-refractivity contribution is 5.74. The number of carbonyl (C=O) groups excluding carboxylic acids is 1. The van der Waals surface area contributed by atoms with Crippen LogP contribution in [0, 0.1) is 0 Å². The second-order valence-electron chi connectivity index (χ2n) is 6.12. The van der Waals surface area contributed by atoms with E-state index in [9.17, 15) is 4.79 Å². The van der Waals surface area contributed by atoms with Gasteiger partial charge in [-0.2, -0.15) is 0 Å². The number of amides is 2. The standard InChI is InChI=1S/C21H28N2O/c1-2-3-4-11-16-22-21(24)23(17-19-12-7-5-8-13-19)18-20-14-9-6-10-15-20/h5-10,12-15H,2-4,11,16-18H2,1H3,(H,22,24). The third-order valence-electron chi connectivity index (χ3n) is 4.03. The molecule has 24 heavy (non-hydrogen) atoms. The molecule has 0 aliphatic rings. The largest absolute Gasteiger partial charge is 0.338 e. The SMILES string of the molecule is CCCCCCNC(=O)N(Cc1ccccc1)Cc1ccccc1. The normalized spacial score (nSPS) is 10.4. The molecular formula is C21H28N2O. The number of benzene rings is 2. The Morgan fingerprint density at radius 1 is 0.833 bits per heavy atom. The summed E-state index contributed by atoms with van der Waals surface area (Å²) in [6.45, 7) is 4.19. The van der Waals surface area contributed by atoms with Crippen LogP contribution in [0.15, 0.2) is 60.7 Å². The van der Waals surface area contributed by atoms with E-state index < -0.39 is 0 Å². The molecule has 2 amide bonds. The van der Waals surface area contributed by atoms with Crippen LogP contribution in [0.4, 0.5) is 4.79 Å². The summed E-state index contributed by atoms with van der Waals surface area (Å²) in [4.78, 5) is 14.5.